The molecule has 0 amide bonds. The average molecular weight is 351 g/mol. The van der Waals surface area contributed by atoms with Crippen LogP contribution in [0.1, 0.15) is 17.7 Å². The molecule has 0 unspecified atom stereocenters. The summed E-state index contributed by atoms with van der Waals surface area (Å²) in [4.78, 5) is 4.35. The predicted octanol–water partition coefficient (Wildman–Crippen LogP) is 3.79. The second kappa shape index (κ2) is 5.45. The van der Waals surface area contributed by atoms with Crippen LogP contribution in [-0.4, -0.2) is 24.4 Å². The van der Waals surface area contributed by atoms with Gasteiger partial charge in [-0.15, -0.1) is 0 Å². The zero-order chi connectivity index (χ0) is 17.8. The summed E-state index contributed by atoms with van der Waals surface area (Å²) < 4.78 is 32.0. The number of rotatable bonds is 2. The summed E-state index contributed by atoms with van der Waals surface area (Å²) in [5.74, 6) is -1.17. The van der Waals surface area contributed by atoms with Crippen molar-refractivity contribution in [1.29, 1.82) is 0 Å². The SMILES string of the molecule is Cc1cc(-c2nn3c(c2-c2cccn4ncnc24)CCC3)c(F)cc1F. The van der Waals surface area contributed by atoms with Crippen LogP contribution in [-0.2, 0) is 13.0 Å². The number of fused-ring (bicyclic) bond motifs is 2. The number of hydrogen-bond acceptors (Lipinski definition) is 3. The van der Waals surface area contributed by atoms with Gasteiger partial charge in [0.2, 0.25) is 0 Å². The molecule has 0 fully saturated rings. The molecule has 0 spiro atoms. The van der Waals surface area contributed by atoms with E-state index in [9.17, 15) is 8.78 Å². The van der Waals surface area contributed by atoms with Crippen molar-refractivity contribution in [2.75, 3.05) is 0 Å². The highest BCUT2D eigenvalue weighted by atomic mass is 19.1. The van der Waals surface area contributed by atoms with Crippen LogP contribution >= 0.6 is 0 Å². The first-order chi connectivity index (χ1) is 12.6. The molecule has 0 atom stereocenters. The monoisotopic (exact) mass is 351 g/mol. The fraction of sp³-hybridized carbons (Fsp3) is 0.211. The first-order valence-corrected chi connectivity index (χ1v) is 8.48. The Hall–Kier alpha value is -3.09. The van der Waals surface area contributed by atoms with Gasteiger partial charge in [0.1, 0.15) is 23.7 Å². The van der Waals surface area contributed by atoms with Crippen LogP contribution in [0.5, 0.6) is 0 Å². The molecule has 26 heavy (non-hydrogen) atoms. The van der Waals surface area contributed by atoms with E-state index < -0.39 is 11.6 Å². The van der Waals surface area contributed by atoms with Crippen LogP contribution in [0.3, 0.4) is 0 Å². The molecule has 0 saturated heterocycles. The lowest BCUT2D eigenvalue weighted by Crippen LogP contribution is -1.96. The molecule has 5 rings (SSSR count). The van der Waals surface area contributed by atoms with E-state index in [1.807, 2.05) is 23.0 Å². The minimum atomic E-state index is -0.612. The van der Waals surface area contributed by atoms with E-state index in [0.717, 1.165) is 42.3 Å². The largest absolute Gasteiger partial charge is 0.268 e. The molecule has 0 radical (unpaired) electrons. The van der Waals surface area contributed by atoms with E-state index >= 15 is 0 Å². The lowest BCUT2D eigenvalue weighted by molar-refractivity contribution is 0.578. The number of nitrogens with zero attached hydrogens (tertiary/aromatic N) is 5. The number of hydrogen-bond donors (Lipinski definition) is 0. The van der Waals surface area contributed by atoms with Crippen LogP contribution in [0.4, 0.5) is 8.78 Å². The summed E-state index contributed by atoms with van der Waals surface area (Å²) in [6.45, 7) is 2.42. The molecule has 0 bridgehead atoms. The lowest BCUT2D eigenvalue weighted by Gasteiger charge is -2.09. The molecule has 1 aliphatic heterocycles. The van der Waals surface area contributed by atoms with Gasteiger partial charge in [0, 0.05) is 41.2 Å². The fourth-order valence-corrected chi connectivity index (χ4v) is 3.68. The smallest absolute Gasteiger partial charge is 0.163 e. The Bertz CT molecular complexity index is 1160. The van der Waals surface area contributed by atoms with Gasteiger partial charge < -0.3 is 0 Å². The van der Waals surface area contributed by atoms with Crippen LogP contribution in [0.25, 0.3) is 28.0 Å². The van der Waals surface area contributed by atoms with Gasteiger partial charge in [-0.3, -0.25) is 4.68 Å². The van der Waals surface area contributed by atoms with Crippen molar-refractivity contribution in [2.24, 2.45) is 0 Å². The van der Waals surface area contributed by atoms with Gasteiger partial charge in [-0.2, -0.15) is 10.2 Å². The summed E-state index contributed by atoms with van der Waals surface area (Å²) in [6.07, 6.45) is 5.17. The van der Waals surface area contributed by atoms with Crippen LogP contribution in [0, 0.1) is 18.6 Å². The van der Waals surface area contributed by atoms with E-state index in [1.165, 1.54) is 12.4 Å². The number of benzene rings is 1. The van der Waals surface area contributed by atoms with Gasteiger partial charge in [-0.25, -0.2) is 18.3 Å². The van der Waals surface area contributed by atoms with E-state index in [2.05, 4.69) is 15.2 Å². The van der Waals surface area contributed by atoms with Gasteiger partial charge in [-0.1, -0.05) is 0 Å². The summed E-state index contributed by atoms with van der Waals surface area (Å²) in [6, 6.07) is 6.27. The van der Waals surface area contributed by atoms with Crippen molar-refractivity contribution in [1.82, 2.24) is 24.4 Å². The third kappa shape index (κ3) is 2.09. The maximum atomic E-state index is 14.6. The highest BCUT2D eigenvalue weighted by Gasteiger charge is 2.27. The summed E-state index contributed by atoms with van der Waals surface area (Å²) in [5.41, 5.74) is 4.67. The quantitative estimate of drug-likeness (QED) is 0.552. The van der Waals surface area contributed by atoms with Crippen molar-refractivity contribution in [3.8, 4) is 22.4 Å². The molecule has 7 heteroatoms. The molecule has 130 valence electrons. The first kappa shape index (κ1) is 15.2. The molecule has 4 aromatic rings. The number of halogens is 2. The van der Waals surface area contributed by atoms with Crippen molar-refractivity contribution in [2.45, 2.75) is 26.3 Å². The zero-order valence-corrected chi connectivity index (χ0v) is 14.1. The van der Waals surface area contributed by atoms with E-state index in [1.54, 1.807) is 11.4 Å². The van der Waals surface area contributed by atoms with Crippen LogP contribution in [0.15, 0.2) is 36.8 Å². The Labute approximate surface area is 147 Å². The van der Waals surface area contributed by atoms with Crippen molar-refractivity contribution < 1.29 is 8.78 Å². The Kier molecular flexibility index (Phi) is 3.19. The zero-order valence-electron chi connectivity index (χ0n) is 14.1. The Morgan fingerprint density at radius 2 is 2.00 bits per heavy atom. The number of aromatic nitrogens is 5. The molecular formula is C19H15F2N5. The van der Waals surface area contributed by atoms with Crippen molar-refractivity contribution >= 4 is 5.65 Å². The Morgan fingerprint density at radius 1 is 1.12 bits per heavy atom. The van der Waals surface area contributed by atoms with Crippen LogP contribution in [0.2, 0.25) is 0 Å². The van der Waals surface area contributed by atoms with E-state index in [0.29, 0.717) is 22.5 Å². The maximum absolute atomic E-state index is 14.6. The van der Waals surface area contributed by atoms with Crippen molar-refractivity contribution in [3.05, 3.63) is 59.7 Å². The number of aryl methyl sites for hydroxylation is 2. The van der Waals surface area contributed by atoms with Gasteiger partial charge in [0.25, 0.3) is 0 Å². The maximum Gasteiger partial charge on any atom is 0.163 e. The van der Waals surface area contributed by atoms with Crippen molar-refractivity contribution in [3.63, 3.8) is 0 Å². The third-order valence-corrected chi connectivity index (χ3v) is 4.92. The predicted molar refractivity (Wildman–Crippen MR) is 92.6 cm³/mol. The summed E-state index contributed by atoms with van der Waals surface area (Å²) >= 11 is 0. The van der Waals surface area contributed by atoms with Crippen LogP contribution < -0.4 is 0 Å². The Balaban J connectivity index is 1.84. The molecule has 0 N–H and O–H groups in total. The Morgan fingerprint density at radius 3 is 2.88 bits per heavy atom. The summed E-state index contributed by atoms with van der Waals surface area (Å²) in [5, 5.41) is 8.84. The standard InChI is InChI=1S/C19H15F2N5/c1-11-8-13(15(21)9-14(11)20)18-17(16-5-3-6-25(16)24-18)12-4-2-7-26-19(12)22-10-23-26/h2,4,7-10H,3,5-6H2,1H3. The highest BCUT2D eigenvalue weighted by molar-refractivity contribution is 5.89. The molecule has 0 aliphatic carbocycles. The summed E-state index contributed by atoms with van der Waals surface area (Å²) in [7, 11) is 0. The highest BCUT2D eigenvalue weighted by Crippen LogP contribution is 2.40. The number of pyridine rings is 1. The average Bonchev–Trinajstić information content (AvgIpc) is 3.32. The minimum absolute atomic E-state index is 0.308. The molecule has 4 heterocycles. The van der Waals surface area contributed by atoms with Gasteiger partial charge in [-0.05, 0) is 43.5 Å². The molecule has 1 aliphatic rings. The normalized spacial score (nSPS) is 13.5. The molecule has 1 aromatic carbocycles. The third-order valence-electron chi connectivity index (χ3n) is 4.92. The topological polar surface area (TPSA) is 48.0 Å². The second-order valence-electron chi connectivity index (χ2n) is 6.53. The molecule has 5 nitrogen and oxygen atoms in total. The first-order valence-electron chi connectivity index (χ1n) is 8.48. The van der Waals surface area contributed by atoms with E-state index in [4.69, 9.17) is 0 Å². The second-order valence-corrected chi connectivity index (χ2v) is 6.53. The van der Waals surface area contributed by atoms with Gasteiger partial charge >= 0.3 is 0 Å². The lowest BCUT2D eigenvalue weighted by atomic mass is 9.97. The molecule has 3 aromatic heterocycles. The van der Waals surface area contributed by atoms with Gasteiger partial charge in [0.05, 0.1) is 0 Å². The minimum Gasteiger partial charge on any atom is -0.268 e. The molecular weight excluding hydrogens is 336 g/mol. The molecule has 0 saturated carbocycles. The van der Waals surface area contributed by atoms with E-state index in [-0.39, 0.29) is 0 Å². The fourth-order valence-electron chi connectivity index (χ4n) is 3.68. The van der Waals surface area contributed by atoms with Gasteiger partial charge in [0.15, 0.2) is 5.65 Å².